The van der Waals surface area contributed by atoms with E-state index in [9.17, 15) is 27.5 Å². The molecule has 38 heavy (non-hydrogen) atoms. The van der Waals surface area contributed by atoms with Gasteiger partial charge in [0.25, 0.3) is 0 Å². The van der Waals surface area contributed by atoms with Gasteiger partial charge in [0.1, 0.15) is 11.6 Å². The number of piperidine rings is 2. The number of nitrogens with zero attached hydrogens (tertiary/aromatic N) is 4. The fourth-order valence-corrected chi connectivity index (χ4v) is 5.02. The van der Waals surface area contributed by atoms with E-state index in [1.165, 1.54) is 24.3 Å². The van der Waals surface area contributed by atoms with Gasteiger partial charge >= 0.3 is 12.4 Å². The molecule has 0 radical (unpaired) electrons. The molecular formula is C26H26F4N4O4. The molecule has 2 aliphatic rings. The maximum absolute atomic E-state index is 13.7. The quantitative estimate of drug-likeness (QED) is 0.478. The van der Waals surface area contributed by atoms with Gasteiger partial charge in [0.05, 0.1) is 12.0 Å². The lowest BCUT2D eigenvalue weighted by atomic mass is 9.84. The standard InChI is InChI=1S/C26H26F4N4O4/c27-20-3-1-2-17(13-20)23-31-24(38-32-23)19-12-18(16-4-6-22(7-5-16)37-26(28,29)30)14-34(15-19)25(36)33-10-8-21(35)9-11-33/h1-7,13,18-19,21,35H,8-12,14-15H2. The zero-order valence-corrected chi connectivity index (χ0v) is 20.3. The molecule has 12 heteroatoms. The van der Waals surface area contributed by atoms with Crippen LogP contribution >= 0.6 is 0 Å². The van der Waals surface area contributed by atoms with Crippen molar-refractivity contribution >= 4 is 6.03 Å². The Morgan fingerprint density at radius 1 is 1.03 bits per heavy atom. The van der Waals surface area contributed by atoms with E-state index in [1.54, 1.807) is 34.1 Å². The number of likely N-dealkylation sites (tertiary alicyclic amines) is 2. The van der Waals surface area contributed by atoms with Crippen LogP contribution in [0.3, 0.4) is 0 Å². The summed E-state index contributed by atoms with van der Waals surface area (Å²) < 4.78 is 61.0. The number of urea groups is 1. The van der Waals surface area contributed by atoms with Crippen LogP contribution in [0.4, 0.5) is 22.4 Å². The van der Waals surface area contributed by atoms with Gasteiger partial charge in [-0.2, -0.15) is 4.98 Å². The summed E-state index contributed by atoms with van der Waals surface area (Å²) >= 11 is 0. The first-order valence-corrected chi connectivity index (χ1v) is 12.3. The monoisotopic (exact) mass is 534 g/mol. The predicted molar refractivity (Wildman–Crippen MR) is 127 cm³/mol. The second-order valence-corrected chi connectivity index (χ2v) is 9.62. The van der Waals surface area contributed by atoms with Gasteiger partial charge in [-0.05, 0) is 49.1 Å². The largest absolute Gasteiger partial charge is 0.573 e. The number of benzene rings is 2. The van der Waals surface area contributed by atoms with E-state index in [2.05, 4.69) is 14.9 Å². The lowest BCUT2D eigenvalue weighted by molar-refractivity contribution is -0.274. The van der Waals surface area contributed by atoms with Gasteiger partial charge in [0, 0.05) is 37.7 Å². The number of alkyl halides is 3. The molecule has 202 valence electrons. The second-order valence-electron chi connectivity index (χ2n) is 9.62. The number of amides is 2. The maximum atomic E-state index is 13.7. The number of aliphatic hydroxyl groups is 1. The van der Waals surface area contributed by atoms with Crippen molar-refractivity contribution in [2.45, 2.75) is 43.6 Å². The van der Waals surface area contributed by atoms with E-state index >= 15 is 0 Å². The van der Waals surface area contributed by atoms with Gasteiger partial charge in [0.2, 0.25) is 11.7 Å². The molecule has 0 bridgehead atoms. The first-order chi connectivity index (χ1) is 18.1. The molecule has 0 spiro atoms. The average molecular weight is 535 g/mol. The van der Waals surface area contributed by atoms with Crippen LogP contribution in [0, 0.1) is 5.82 Å². The molecule has 5 rings (SSSR count). The number of hydrogen-bond acceptors (Lipinski definition) is 6. The molecule has 2 aromatic carbocycles. The van der Waals surface area contributed by atoms with Gasteiger partial charge in [-0.1, -0.05) is 29.4 Å². The Morgan fingerprint density at radius 3 is 2.42 bits per heavy atom. The van der Waals surface area contributed by atoms with Crippen molar-refractivity contribution in [1.29, 1.82) is 0 Å². The highest BCUT2D eigenvalue weighted by Gasteiger charge is 2.37. The molecule has 1 aromatic heterocycles. The summed E-state index contributed by atoms with van der Waals surface area (Å²) in [6.45, 7) is 1.51. The SMILES string of the molecule is O=C(N1CCC(O)CC1)N1CC(c2ccc(OC(F)(F)F)cc2)CC(c2nc(-c3cccc(F)c3)no2)C1. The Morgan fingerprint density at radius 2 is 1.74 bits per heavy atom. The molecule has 2 fully saturated rings. The highest BCUT2D eigenvalue weighted by molar-refractivity contribution is 5.75. The van der Waals surface area contributed by atoms with Crippen LogP contribution in [0.1, 0.15) is 42.6 Å². The third kappa shape index (κ3) is 6.07. The summed E-state index contributed by atoms with van der Waals surface area (Å²) in [5.74, 6) is -0.833. The van der Waals surface area contributed by atoms with E-state index < -0.39 is 18.3 Å². The van der Waals surface area contributed by atoms with Crippen molar-refractivity contribution < 1.29 is 36.7 Å². The van der Waals surface area contributed by atoms with Crippen molar-refractivity contribution in [2.75, 3.05) is 26.2 Å². The highest BCUT2D eigenvalue weighted by atomic mass is 19.4. The maximum Gasteiger partial charge on any atom is 0.573 e. The van der Waals surface area contributed by atoms with E-state index in [1.807, 2.05) is 0 Å². The van der Waals surface area contributed by atoms with Crippen LogP contribution in [0.15, 0.2) is 53.1 Å². The Hall–Kier alpha value is -3.67. The minimum Gasteiger partial charge on any atom is -0.406 e. The summed E-state index contributed by atoms with van der Waals surface area (Å²) in [5, 5.41) is 13.8. The van der Waals surface area contributed by atoms with E-state index in [0.717, 1.165) is 5.56 Å². The molecule has 3 heterocycles. The fourth-order valence-electron chi connectivity index (χ4n) is 5.02. The molecule has 2 saturated heterocycles. The van der Waals surface area contributed by atoms with E-state index in [-0.39, 0.29) is 35.3 Å². The Balaban J connectivity index is 1.39. The second kappa shape index (κ2) is 10.6. The minimum absolute atomic E-state index is 0.187. The van der Waals surface area contributed by atoms with Crippen molar-refractivity contribution in [3.05, 3.63) is 65.8 Å². The van der Waals surface area contributed by atoms with Gasteiger partial charge in [-0.3, -0.25) is 0 Å². The van der Waals surface area contributed by atoms with Gasteiger partial charge in [0.15, 0.2) is 0 Å². The van der Waals surface area contributed by atoms with Crippen molar-refractivity contribution in [1.82, 2.24) is 19.9 Å². The summed E-state index contributed by atoms with van der Waals surface area (Å²) in [7, 11) is 0. The number of carbonyl (C=O) groups excluding carboxylic acids is 1. The average Bonchev–Trinajstić information content (AvgIpc) is 3.39. The highest BCUT2D eigenvalue weighted by Crippen LogP contribution is 2.37. The van der Waals surface area contributed by atoms with Gasteiger partial charge in [-0.25, -0.2) is 9.18 Å². The lowest BCUT2D eigenvalue weighted by Crippen LogP contribution is -2.51. The fraction of sp³-hybridized carbons (Fsp3) is 0.423. The Labute approximate surface area is 215 Å². The Kier molecular flexibility index (Phi) is 7.24. The summed E-state index contributed by atoms with van der Waals surface area (Å²) in [4.78, 5) is 21.3. The molecule has 8 nitrogen and oxygen atoms in total. The topological polar surface area (TPSA) is 91.9 Å². The molecular weight excluding hydrogens is 508 g/mol. The zero-order valence-electron chi connectivity index (χ0n) is 20.3. The molecule has 2 aliphatic heterocycles. The smallest absolute Gasteiger partial charge is 0.406 e. The summed E-state index contributed by atoms with van der Waals surface area (Å²) in [5.41, 5.74) is 1.19. The molecule has 2 unspecified atom stereocenters. The number of carbonyl (C=O) groups is 1. The molecule has 0 aliphatic carbocycles. The van der Waals surface area contributed by atoms with Gasteiger partial charge < -0.3 is 24.2 Å². The molecule has 3 aromatic rings. The van der Waals surface area contributed by atoms with Crippen molar-refractivity contribution in [2.24, 2.45) is 0 Å². The molecule has 2 amide bonds. The first-order valence-electron chi connectivity index (χ1n) is 12.3. The summed E-state index contributed by atoms with van der Waals surface area (Å²) in [6, 6.07) is 11.2. The van der Waals surface area contributed by atoms with Crippen LogP contribution in [-0.2, 0) is 0 Å². The van der Waals surface area contributed by atoms with Crippen LogP contribution in [0.5, 0.6) is 5.75 Å². The van der Waals surface area contributed by atoms with Crippen molar-refractivity contribution in [3.63, 3.8) is 0 Å². The number of rotatable bonds is 4. The van der Waals surface area contributed by atoms with Crippen molar-refractivity contribution in [3.8, 4) is 17.1 Å². The van der Waals surface area contributed by atoms with Crippen LogP contribution in [0.25, 0.3) is 11.4 Å². The van der Waals surface area contributed by atoms with Crippen LogP contribution in [-0.4, -0.2) is 69.7 Å². The van der Waals surface area contributed by atoms with E-state index in [4.69, 9.17) is 4.52 Å². The minimum atomic E-state index is -4.79. The third-order valence-electron chi connectivity index (χ3n) is 6.91. The third-order valence-corrected chi connectivity index (χ3v) is 6.91. The number of halogens is 4. The number of hydrogen-bond donors (Lipinski definition) is 1. The lowest BCUT2D eigenvalue weighted by Gasteiger charge is -2.40. The molecule has 1 N–H and O–H groups in total. The van der Waals surface area contributed by atoms with Crippen LogP contribution in [0.2, 0.25) is 0 Å². The number of ether oxygens (including phenoxy) is 1. The number of aromatic nitrogens is 2. The van der Waals surface area contributed by atoms with Gasteiger partial charge in [-0.15, -0.1) is 13.2 Å². The Bertz CT molecular complexity index is 1260. The van der Waals surface area contributed by atoms with Crippen LogP contribution < -0.4 is 4.74 Å². The number of aliphatic hydroxyl groups excluding tert-OH is 1. The molecule has 2 atom stereocenters. The molecule has 0 saturated carbocycles. The summed E-state index contributed by atoms with van der Waals surface area (Å²) in [6.07, 6.45) is -3.73. The zero-order chi connectivity index (χ0) is 26.9. The first kappa shape index (κ1) is 26.0. The van der Waals surface area contributed by atoms with E-state index in [0.29, 0.717) is 51.0 Å². The normalized spacial score (nSPS) is 21.0. The predicted octanol–water partition coefficient (Wildman–Crippen LogP) is 4.92.